The minimum absolute atomic E-state index is 0.0406. The molecule has 35 heavy (non-hydrogen) atoms. The number of likely N-dealkylation sites (N-methyl/N-ethyl adjacent to an activating group) is 1. The van der Waals surface area contributed by atoms with Gasteiger partial charge in [-0.05, 0) is 36.5 Å². The van der Waals surface area contributed by atoms with Crippen molar-refractivity contribution in [2.24, 2.45) is 5.92 Å². The highest BCUT2D eigenvalue weighted by atomic mass is 35.5. The maximum Gasteiger partial charge on any atom is 0.280 e. The number of halogens is 2. The molecule has 0 spiro atoms. The van der Waals surface area contributed by atoms with Crippen LogP contribution in [-0.2, 0) is 23.1 Å². The van der Waals surface area contributed by atoms with Crippen molar-refractivity contribution in [1.29, 1.82) is 0 Å². The van der Waals surface area contributed by atoms with E-state index in [1.165, 1.54) is 21.6 Å². The summed E-state index contributed by atoms with van der Waals surface area (Å²) in [6, 6.07) is 3.93. The molecular weight excluding hydrogens is 501 g/mol. The highest BCUT2D eigenvalue weighted by molar-refractivity contribution is 7.92. The highest BCUT2D eigenvalue weighted by Crippen LogP contribution is 2.39. The molecule has 186 valence electrons. The number of rotatable bonds is 6. The second kappa shape index (κ2) is 8.23. The van der Waals surface area contributed by atoms with Crippen LogP contribution in [0.25, 0.3) is 10.9 Å². The van der Waals surface area contributed by atoms with E-state index in [1.54, 1.807) is 7.05 Å². The zero-order valence-electron chi connectivity index (χ0n) is 19.0. The van der Waals surface area contributed by atoms with Crippen LogP contribution in [0.1, 0.15) is 28.9 Å². The summed E-state index contributed by atoms with van der Waals surface area (Å²) in [6.45, 7) is 0.571. The van der Waals surface area contributed by atoms with Crippen LogP contribution >= 0.6 is 11.6 Å². The summed E-state index contributed by atoms with van der Waals surface area (Å²) in [6.07, 6.45) is 2.78. The van der Waals surface area contributed by atoms with Crippen molar-refractivity contribution in [2.75, 3.05) is 30.7 Å². The first-order valence-electron chi connectivity index (χ1n) is 11.0. The number of carbonyl (C=O) groups is 1. The molecule has 10 nitrogen and oxygen atoms in total. The van der Waals surface area contributed by atoms with Crippen molar-refractivity contribution >= 4 is 44.3 Å². The van der Waals surface area contributed by atoms with Crippen LogP contribution < -0.4 is 9.86 Å². The SMILES string of the molecule is CN1CCn2c(c(O)c3c(=O)n(Cc4ccc(F)c(Cl)c4)nc(N(CC4CC4)S(C)(=O)=O)c32)C1=O. The predicted molar refractivity (Wildman–Crippen MR) is 128 cm³/mol. The number of amides is 1. The van der Waals surface area contributed by atoms with Gasteiger partial charge in [0.2, 0.25) is 10.0 Å². The van der Waals surface area contributed by atoms with Crippen molar-refractivity contribution in [3.05, 3.63) is 50.7 Å². The summed E-state index contributed by atoms with van der Waals surface area (Å²) in [5, 5.41) is 15.1. The third-order valence-electron chi connectivity index (χ3n) is 6.40. The Bertz CT molecular complexity index is 1550. The number of nitrogens with zero attached hydrogens (tertiary/aromatic N) is 5. The Balaban J connectivity index is 1.80. The molecule has 1 aliphatic heterocycles. The largest absolute Gasteiger partial charge is 0.505 e. The first-order valence-corrected chi connectivity index (χ1v) is 13.2. The van der Waals surface area contributed by atoms with Crippen LogP contribution in [0.3, 0.4) is 0 Å². The summed E-state index contributed by atoms with van der Waals surface area (Å²) in [4.78, 5) is 27.8. The monoisotopic (exact) mass is 523 g/mol. The summed E-state index contributed by atoms with van der Waals surface area (Å²) in [5.74, 6) is -1.52. The van der Waals surface area contributed by atoms with E-state index in [9.17, 15) is 27.5 Å². The predicted octanol–water partition coefficient (Wildman–Crippen LogP) is 2.01. The third kappa shape index (κ3) is 4.04. The maximum atomic E-state index is 13.6. The third-order valence-corrected chi connectivity index (χ3v) is 7.81. The van der Waals surface area contributed by atoms with Gasteiger partial charge < -0.3 is 14.6 Å². The second-order valence-corrected chi connectivity index (χ2v) is 11.4. The molecule has 2 aliphatic rings. The number of benzene rings is 1. The van der Waals surface area contributed by atoms with E-state index >= 15 is 0 Å². The lowest BCUT2D eigenvalue weighted by Crippen LogP contribution is -2.38. The Morgan fingerprint density at radius 3 is 2.60 bits per heavy atom. The van der Waals surface area contributed by atoms with Gasteiger partial charge in [-0.15, -0.1) is 5.10 Å². The number of fused-ring (bicyclic) bond motifs is 3. The van der Waals surface area contributed by atoms with Gasteiger partial charge >= 0.3 is 0 Å². The molecule has 2 aromatic heterocycles. The number of anilines is 1. The number of carbonyl (C=O) groups excluding carboxylic acids is 1. The lowest BCUT2D eigenvalue weighted by atomic mass is 10.2. The fourth-order valence-electron chi connectivity index (χ4n) is 4.35. The van der Waals surface area contributed by atoms with Gasteiger partial charge in [-0.1, -0.05) is 17.7 Å². The molecule has 5 rings (SSSR count). The van der Waals surface area contributed by atoms with E-state index < -0.39 is 33.1 Å². The molecule has 1 amide bonds. The van der Waals surface area contributed by atoms with E-state index in [2.05, 4.69) is 5.10 Å². The lowest BCUT2D eigenvalue weighted by molar-refractivity contribution is 0.0747. The fourth-order valence-corrected chi connectivity index (χ4v) is 5.47. The summed E-state index contributed by atoms with van der Waals surface area (Å²) < 4.78 is 43.0. The van der Waals surface area contributed by atoms with E-state index in [0.717, 1.165) is 34.2 Å². The molecule has 0 unspecified atom stereocenters. The Labute approximate surface area is 205 Å². The topological polar surface area (TPSA) is 118 Å². The van der Waals surface area contributed by atoms with E-state index in [1.807, 2.05) is 0 Å². The van der Waals surface area contributed by atoms with Crippen molar-refractivity contribution in [3.63, 3.8) is 0 Å². The fraction of sp³-hybridized carbons (Fsp3) is 0.409. The van der Waals surface area contributed by atoms with Gasteiger partial charge in [0.25, 0.3) is 11.5 Å². The Morgan fingerprint density at radius 1 is 1.26 bits per heavy atom. The second-order valence-electron chi connectivity index (χ2n) is 9.07. The minimum Gasteiger partial charge on any atom is -0.505 e. The minimum atomic E-state index is -3.83. The van der Waals surface area contributed by atoms with Crippen LogP contribution in [0.4, 0.5) is 10.2 Å². The molecule has 3 aromatic rings. The highest BCUT2D eigenvalue weighted by Gasteiger charge is 2.37. The molecule has 1 aromatic carbocycles. The number of hydrogen-bond donors (Lipinski definition) is 1. The van der Waals surface area contributed by atoms with Gasteiger partial charge in [0, 0.05) is 26.7 Å². The zero-order chi connectivity index (χ0) is 25.2. The number of aromatic nitrogens is 3. The molecule has 0 bridgehead atoms. The van der Waals surface area contributed by atoms with Gasteiger partial charge in [0.15, 0.2) is 17.3 Å². The van der Waals surface area contributed by atoms with Gasteiger partial charge in [-0.25, -0.2) is 17.5 Å². The van der Waals surface area contributed by atoms with E-state index in [4.69, 9.17) is 11.6 Å². The lowest BCUT2D eigenvalue weighted by Gasteiger charge is -2.27. The molecule has 1 saturated carbocycles. The van der Waals surface area contributed by atoms with Crippen LogP contribution in [0.15, 0.2) is 23.0 Å². The summed E-state index contributed by atoms with van der Waals surface area (Å²) in [5.41, 5.74) is -0.248. The van der Waals surface area contributed by atoms with Crippen molar-refractivity contribution in [1.82, 2.24) is 19.2 Å². The van der Waals surface area contributed by atoms with Gasteiger partial charge in [0.1, 0.15) is 16.7 Å². The molecule has 0 radical (unpaired) electrons. The van der Waals surface area contributed by atoms with E-state index in [-0.39, 0.29) is 53.0 Å². The Morgan fingerprint density at radius 2 is 1.97 bits per heavy atom. The molecule has 3 heterocycles. The van der Waals surface area contributed by atoms with Gasteiger partial charge in [0.05, 0.1) is 17.8 Å². The number of sulfonamides is 1. The van der Waals surface area contributed by atoms with Crippen LogP contribution in [0.5, 0.6) is 5.75 Å². The van der Waals surface area contributed by atoms with Crippen molar-refractivity contribution < 1.29 is 22.7 Å². The number of aromatic hydroxyl groups is 1. The standard InChI is InChI=1S/C22H23ClFN5O5S/c1-26-7-8-27-17-16(19(30)18(27)22(26)32)21(31)28(10-13-5-6-15(24)14(23)9-13)25-20(17)29(35(2,33)34)11-12-3-4-12/h5-6,9,12,30H,3-4,7-8,10-11H2,1-2H3. The molecule has 0 atom stereocenters. The van der Waals surface area contributed by atoms with Crippen molar-refractivity contribution in [2.45, 2.75) is 25.9 Å². The van der Waals surface area contributed by atoms with E-state index in [0.29, 0.717) is 12.1 Å². The first-order chi connectivity index (χ1) is 16.5. The average molecular weight is 524 g/mol. The quantitative estimate of drug-likeness (QED) is 0.528. The van der Waals surface area contributed by atoms with Gasteiger partial charge in [-0.3, -0.25) is 13.9 Å². The summed E-state index contributed by atoms with van der Waals surface area (Å²) >= 11 is 5.89. The normalized spacial score (nSPS) is 16.1. The van der Waals surface area contributed by atoms with Crippen molar-refractivity contribution in [3.8, 4) is 5.75 Å². The summed E-state index contributed by atoms with van der Waals surface area (Å²) in [7, 11) is -2.25. The smallest absolute Gasteiger partial charge is 0.280 e. The maximum absolute atomic E-state index is 13.6. The first kappa shape index (κ1) is 23.6. The Kier molecular flexibility index (Phi) is 5.55. The zero-order valence-corrected chi connectivity index (χ0v) is 20.6. The molecule has 0 saturated heterocycles. The molecule has 1 N–H and O–H groups in total. The van der Waals surface area contributed by atoms with Crippen LogP contribution in [-0.4, -0.2) is 65.1 Å². The Hall–Kier alpha value is -3.12. The molecule has 1 fully saturated rings. The van der Waals surface area contributed by atoms with Crippen LogP contribution in [0, 0.1) is 11.7 Å². The molecular formula is C22H23ClFN5O5S. The molecule has 1 aliphatic carbocycles. The average Bonchev–Trinajstić information content (AvgIpc) is 3.55. The molecule has 13 heteroatoms. The number of hydrogen-bond acceptors (Lipinski definition) is 6. The van der Waals surface area contributed by atoms with Gasteiger partial charge in [-0.2, -0.15) is 0 Å². The van der Waals surface area contributed by atoms with Crippen LogP contribution in [0.2, 0.25) is 5.02 Å².